The molecule has 0 saturated heterocycles. The van der Waals surface area contributed by atoms with Gasteiger partial charge in [-0.05, 0) is 17.6 Å². The zero-order valence-electron chi connectivity index (χ0n) is 12.1. The molecule has 0 aliphatic rings. The third-order valence-corrected chi connectivity index (χ3v) is 4.27. The highest BCUT2D eigenvalue weighted by molar-refractivity contribution is 7.99. The number of nitrogens with zero attached hydrogens (tertiary/aromatic N) is 2. The quantitative estimate of drug-likeness (QED) is 0.757. The maximum atomic E-state index is 5.63. The lowest BCUT2D eigenvalue weighted by atomic mass is 10.2. The second kappa shape index (κ2) is 8.92. The molecule has 0 aliphatic heterocycles. The third kappa shape index (κ3) is 5.57. The first-order chi connectivity index (χ1) is 10.3. The SMILES string of the molecule is CSCC[C@H]([NH3+])c1nnc(SC/C=C/c2ccccc2)o1. The number of benzene rings is 1. The van der Waals surface area contributed by atoms with Crippen molar-refractivity contribution >= 4 is 29.6 Å². The topological polar surface area (TPSA) is 66.6 Å². The van der Waals surface area contributed by atoms with Gasteiger partial charge < -0.3 is 10.2 Å². The van der Waals surface area contributed by atoms with Gasteiger partial charge in [-0.15, -0.1) is 10.2 Å². The van der Waals surface area contributed by atoms with Crippen LogP contribution in [-0.4, -0.2) is 28.0 Å². The molecule has 1 aromatic heterocycles. The Morgan fingerprint density at radius 2 is 2.10 bits per heavy atom. The molecule has 1 atom stereocenters. The first-order valence-corrected chi connectivity index (χ1v) is 9.17. The van der Waals surface area contributed by atoms with Crippen LogP contribution in [0.25, 0.3) is 6.08 Å². The van der Waals surface area contributed by atoms with Gasteiger partial charge in [0.25, 0.3) is 11.1 Å². The van der Waals surface area contributed by atoms with Crippen LogP contribution in [0.1, 0.15) is 23.9 Å². The number of hydrogen-bond donors (Lipinski definition) is 1. The predicted octanol–water partition coefficient (Wildman–Crippen LogP) is 2.91. The van der Waals surface area contributed by atoms with Crippen molar-refractivity contribution in [3.63, 3.8) is 0 Å². The van der Waals surface area contributed by atoms with Gasteiger partial charge in [-0.3, -0.25) is 0 Å². The molecule has 112 valence electrons. The largest absolute Gasteiger partial charge is 0.410 e. The van der Waals surface area contributed by atoms with Crippen LogP contribution >= 0.6 is 23.5 Å². The molecule has 21 heavy (non-hydrogen) atoms. The number of quaternary nitrogens is 1. The summed E-state index contributed by atoms with van der Waals surface area (Å²) >= 11 is 3.34. The summed E-state index contributed by atoms with van der Waals surface area (Å²) in [5, 5.41) is 8.74. The molecule has 0 unspecified atom stereocenters. The molecular formula is C15H20N3OS2+. The van der Waals surface area contributed by atoms with Crippen LogP contribution < -0.4 is 5.73 Å². The maximum absolute atomic E-state index is 5.63. The van der Waals surface area contributed by atoms with Crippen molar-refractivity contribution in [2.45, 2.75) is 17.7 Å². The van der Waals surface area contributed by atoms with E-state index in [0.29, 0.717) is 11.1 Å². The highest BCUT2D eigenvalue weighted by Crippen LogP contribution is 2.20. The summed E-state index contributed by atoms with van der Waals surface area (Å²) in [5.74, 6) is 2.50. The van der Waals surface area contributed by atoms with E-state index in [1.165, 1.54) is 5.56 Å². The van der Waals surface area contributed by atoms with Crippen molar-refractivity contribution in [1.29, 1.82) is 0 Å². The normalized spacial score (nSPS) is 12.9. The summed E-state index contributed by atoms with van der Waals surface area (Å²) in [6.45, 7) is 0. The molecular weight excluding hydrogens is 302 g/mol. The molecule has 0 aliphatic carbocycles. The van der Waals surface area contributed by atoms with Crippen LogP contribution in [-0.2, 0) is 0 Å². The van der Waals surface area contributed by atoms with Gasteiger partial charge in [0.1, 0.15) is 0 Å². The summed E-state index contributed by atoms with van der Waals surface area (Å²) in [6.07, 6.45) is 7.23. The van der Waals surface area contributed by atoms with Crippen LogP contribution in [0.3, 0.4) is 0 Å². The Kier molecular flexibility index (Phi) is 6.85. The Balaban J connectivity index is 1.79. The molecule has 4 nitrogen and oxygen atoms in total. The van der Waals surface area contributed by atoms with E-state index in [1.54, 1.807) is 23.5 Å². The minimum atomic E-state index is 0.0826. The van der Waals surface area contributed by atoms with E-state index in [1.807, 2.05) is 18.2 Å². The zero-order valence-corrected chi connectivity index (χ0v) is 13.7. The third-order valence-electron chi connectivity index (χ3n) is 2.85. The minimum Gasteiger partial charge on any atom is -0.410 e. The van der Waals surface area contributed by atoms with Crippen molar-refractivity contribution in [2.75, 3.05) is 17.8 Å². The predicted molar refractivity (Wildman–Crippen MR) is 89.1 cm³/mol. The van der Waals surface area contributed by atoms with Crippen LogP contribution in [0, 0.1) is 0 Å². The van der Waals surface area contributed by atoms with E-state index in [2.05, 4.69) is 46.5 Å². The molecule has 0 fully saturated rings. The van der Waals surface area contributed by atoms with Gasteiger partial charge in [0.15, 0.2) is 6.04 Å². The number of thioether (sulfide) groups is 2. The van der Waals surface area contributed by atoms with Crippen molar-refractivity contribution in [3.8, 4) is 0 Å². The molecule has 2 aromatic rings. The molecule has 0 radical (unpaired) electrons. The average molecular weight is 322 g/mol. The van der Waals surface area contributed by atoms with Gasteiger partial charge in [0.05, 0.1) is 0 Å². The average Bonchev–Trinajstić information content (AvgIpc) is 2.99. The fraction of sp³-hybridized carbons (Fsp3) is 0.333. The van der Waals surface area contributed by atoms with E-state index in [4.69, 9.17) is 4.42 Å². The highest BCUT2D eigenvalue weighted by Gasteiger charge is 2.17. The monoisotopic (exact) mass is 322 g/mol. The molecule has 0 amide bonds. The molecule has 0 saturated carbocycles. The first-order valence-electron chi connectivity index (χ1n) is 6.79. The second-order valence-corrected chi connectivity index (χ2v) is 6.47. The smallest absolute Gasteiger partial charge is 0.277 e. The van der Waals surface area contributed by atoms with Crippen LogP contribution in [0.5, 0.6) is 0 Å². The van der Waals surface area contributed by atoms with Gasteiger partial charge in [-0.2, -0.15) is 11.8 Å². The molecule has 2 rings (SSSR count). The van der Waals surface area contributed by atoms with Gasteiger partial charge in [-0.25, -0.2) is 0 Å². The van der Waals surface area contributed by atoms with E-state index >= 15 is 0 Å². The summed E-state index contributed by atoms with van der Waals surface area (Å²) in [7, 11) is 0. The fourth-order valence-corrected chi connectivity index (χ4v) is 2.79. The highest BCUT2D eigenvalue weighted by atomic mass is 32.2. The minimum absolute atomic E-state index is 0.0826. The van der Waals surface area contributed by atoms with E-state index < -0.39 is 0 Å². The standard InChI is InChI=1S/C15H19N3OS2/c1-20-11-9-13(16)14-17-18-15(19-14)21-10-5-8-12-6-3-2-4-7-12/h2-8,13H,9-11,16H2,1H3/p+1/b8-5+/t13-/m0/s1. The van der Waals surface area contributed by atoms with Gasteiger partial charge in [-0.1, -0.05) is 54.2 Å². The Hall–Kier alpha value is -1.24. The summed E-state index contributed by atoms with van der Waals surface area (Å²) in [6, 6.07) is 10.3. The lowest BCUT2D eigenvalue weighted by Gasteiger charge is -2.00. The maximum Gasteiger partial charge on any atom is 0.277 e. The van der Waals surface area contributed by atoms with Crippen LogP contribution in [0.4, 0.5) is 0 Å². The summed E-state index contributed by atoms with van der Waals surface area (Å²) in [5.41, 5.74) is 5.26. The van der Waals surface area contributed by atoms with Gasteiger partial charge in [0, 0.05) is 12.2 Å². The molecule has 0 spiro atoms. The van der Waals surface area contributed by atoms with Crippen LogP contribution in [0.15, 0.2) is 46.0 Å². The molecule has 1 heterocycles. The lowest BCUT2D eigenvalue weighted by Crippen LogP contribution is -2.53. The number of aromatic nitrogens is 2. The Labute approximate surface area is 133 Å². The van der Waals surface area contributed by atoms with E-state index in [-0.39, 0.29) is 6.04 Å². The molecule has 1 aromatic carbocycles. The first kappa shape index (κ1) is 16.1. The van der Waals surface area contributed by atoms with Gasteiger partial charge in [0.2, 0.25) is 0 Å². The Bertz CT molecular complexity index is 557. The van der Waals surface area contributed by atoms with Crippen molar-refractivity contribution < 1.29 is 10.2 Å². The van der Waals surface area contributed by atoms with Gasteiger partial charge >= 0.3 is 0 Å². The Morgan fingerprint density at radius 3 is 2.86 bits per heavy atom. The molecule has 6 heteroatoms. The Morgan fingerprint density at radius 1 is 1.29 bits per heavy atom. The van der Waals surface area contributed by atoms with E-state index in [9.17, 15) is 0 Å². The summed E-state index contributed by atoms with van der Waals surface area (Å²) in [4.78, 5) is 0. The molecule has 0 bridgehead atoms. The second-order valence-electron chi connectivity index (χ2n) is 4.51. The van der Waals surface area contributed by atoms with Crippen molar-refractivity contribution in [3.05, 3.63) is 47.9 Å². The summed E-state index contributed by atoms with van der Waals surface area (Å²) < 4.78 is 5.63. The fourth-order valence-electron chi connectivity index (χ4n) is 1.70. The number of hydrogen-bond acceptors (Lipinski definition) is 5. The lowest BCUT2D eigenvalue weighted by molar-refractivity contribution is -0.432. The number of rotatable bonds is 8. The van der Waals surface area contributed by atoms with E-state index in [0.717, 1.165) is 17.9 Å². The molecule has 3 N–H and O–H groups in total. The van der Waals surface area contributed by atoms with Crippen LogP contribution in [0.2, 0.25) is 0 Å². The van der Waals surface area contributed by atoms with Crippen molar-refractivity contribution in [2.24, 2.45) is 0 Å². The zero-order chi connectivity index (χ0) is 14.9. The van der Waals surface area contributed by atoms with Crippen molar-refractivity contribution in [1.82, 2.24) is 10.2 Å².